The van der Waals surface area contributed by atoms with Crippen LogP contribution in [0.3, 0.4) is 0 Å². The minimum atomic E-state index is -2.33. The molecule has 14 rings (SSSR count). The Hall–Kier alpha value is -5.25. The third-order valence-corrected chi connectivity index (χ3v) is 24.7. The second kappa shape index (κ2) is 35.0. The molecule has 0 unspecified atom stereocenters. The Labute approximate surface area is 668 Å². The molecule has 8 atom stereocenters. The van der Waals surface area contributed by atoms with Crippen LogP contribution < -0.4 is 14.9 Å². The van der Waals surface area contributed by atoms with E-state index in [0.29, 0.717) is 97.5 Å². The topological polar surface area (TPSA) is 292 Å². The molecule has 2 aromatic carbocycles. The largest absolute Gasteiger partial charge is 0.494 e. The van der Waals surface area contributed by atoms with Crippen molar-refractivity contribution in [3.63, 3.8) is 0 Å². The lowest BCUT2D eigenvalue weighted by atomic mass is 9.79. The monoisotopic (exact) mass is 1780 g/mol. The molecule has 0 aliphatic carbocycles. The van der Waals surface area contributed by atoms with Crippen LogP contribution in [0, 0.1) is 0 Å². The van der Waals surface area contributed by atoms with Crippen LogP contribution in [0.4, 0.5) is 11.6 Å². The zero-order valence-corrected chi connectivity index (χ0v) is 72.6. The number of hydrogen-bond acceptors (Lipinski definition) is 23. The van der Waals surface area contributed by atoms with Gasteiger partial charge >= 0.3 is 19.1 Å². The maximum absolute atomic E-state index is 12.1. The second-order valence-electron chi connectivity index (χ2n) is 30.6. The molecule has 12 heterocycles. The number of aliphatic hydroxyl groups excluding tert-OH is 2. The van der Waals surface area contributed by atoms with Crippen LogP contribution in [0.1, 0.15) is 27.7 Å². The number of aliphatic hydroxyl groups is 2. The highest BCUT2D eigenvalue weighted by molar-refractivity contribution is 9.11. The molecule has 0 radical (unpaired) electrons. The lowest BCUT2D eigenvalue weighted by Crippen LogP contribution is -2.41. The van der Waals surface area contributed by atoms with Crippen molar-refractivity contribution in [3.05, 3.63) is 139 Å². The van der Waals surface area contributed by atoms with E-state index in [1.165, 1.54) is 0 Å². The zero-order chi connectivity index (χ0) is 77.8. The Kier molecular flexibility index (Phi) is 27.1. The fourth-order valence-electron chi connectivity index (χ4n) is 11.7. The summed E-state index contributed by atoms with van der Waals surface area (Å²) in [6, 6.07) is 38.4. The summed E-state index contributed by atoms with van der Waals surface area (Å²) in [4.78, 5) is 32.0. The highest BCUT2D eigenvalue weighted by Crippen LogP contribution is 2.40. The van der Waals surface area contributed by atoms with E-state index in [0.717, 1.165) is 43.4 Å². The van der Waals surface area contributed by atoms with E-state index >= 15 is 0 Å². The van der Waals surface area contributed by atoms with Crippen molar-refractivity contribution in [2.45, 2.75) is 153 Å². The van der Waals surface area contributed by atoms with Gasteiger partial charge in [-0.25, -0.2) is 33.3 Å². The molecule has 25 nitrogen and oxygen atoms in total. The summed E-state index contributed by atoms with van der Waals surface area (Å²) < 4.78 is 98.1. The van der Waals surface area contributed by atoms with Gasteiger partial charge in [-0.15, -0.1) is 0 Å². The van der Waals surface area contributed by atoms with E-state index in [-0.39, 0.29) is 45.5 Å². The predicted molar refractivity (Wildman–Crippen MR) is 439 cm³/mol. The van der Waals surface area contributed by atoms with E-state index in [1.54, 1.807) is 61.4 Å². The Balaban J connectivity index is 0.000000171. The molecular weight excluding hydrogens is 1700 g/mol. The summed E-state index contributed by atoms with van der Waals surface area (Å²) in [5, 5.41) is 21.3. The van der Waals surface area contributed by atoms with Gasteiger partial charge < -0.3 is 57.4 Å². The van der Waals surface area contributed by atoms with Crippen molar-refractivity contribution >= 4 is 153 Å². The Bertz CT molecular complexity index is 4890. The minimum absolute atomic E-state index is 0.198. The lowest BCUT2D eigenvalue weighted by Gasteiger charge is -2.32. The third-order valence-electron chi connectivity index (χ3n) is 18.1. The van der Waals surface area contributed by atoms with E-state index in [4.69, 9.17) is 90.3 Å². The molecule has 7 aromatic heterocycles. The van der Waals surface area contributed by atoms with Crippen LogP contribution in [0.25, 0.3) is 56.1 Å². The number of benzene rings is 2. The highest BCUT2D eigenvalue weighted by Gasteiger charge is 2.53. The van der Waals surface area contributed by atoms with Crippen molar-refractivity contribution in [2.24, 2.45) is 8.73 Å². The molecule has 0 bridgehead atoms. The van der Waals surface area contributed by atoms with Crippen molar-refractivity contribution in [1.82, 2.24) is 44.0 Å². The second-order valence-corrected chi connectivity index (χ2v) is 50.2. The molecular formula is C73H91BBr3Cl2N11O14S2Si2. The molecule has 5 aliphatic heterocycles. The quantitative estimate of drug-likeness (QED) is 0.0407. The number of fused-ring (bicyclic) bond motifs is 4. The van der Waals surface area contributed by atoms with Crippen LogP contribution in [0.5, 0.6) is 12.0 Å². The first kappa shape index (κ1) is 83.7. The number of pyridine rings is 5. The number of rotatable bonds is 20. The number of hydrogen-bond donors (Lipinski definition) is 2. The summed E-state index contributed by atoms with van der Waals surface area (Å²) >= 11 is 23.2. The summed E-state index contributed by atoms with van der Waals surface area (Å²) in [6.07, 6.45) is 2.54. The molecule has 2 N–H and O–H groups in total. The first-order valence-corrected chi connectivity index (χ1v) is 50.3. The Morgan fingerprint density at radius 2 is 0.917 bits per heavy atom. The van der Waals surface area contributed by atoms with Gasteiger partial charge in [-0.2, -0.15) is 18.7 Å². The smallest absolute Gasteiger partial charge is 0.456 e. The fourth-order valence-corrected chi connectivity index (χ4v) is 16.1. The van der Waals surface area contributed by atoms with E-state index in [2.05, 4.69) is 111 Å². The van der Waals surface area contributed by atoms with E-state index in [1.807, 2.05) is 116 Å². The van der Waals surface area contributed by atoms with Gasteiger partial charge in [0.25, 0.3) is 0 Å². The molecule has 35 heteroatoms. The van der Waals surface area contributed by atoms with Crippen molar-refractivity contribution in [3.8, 4) is 45.8 Å². The van der Waals surface area contributed by atoms with Gasteiger partial charge in [-0.3, -0.25) is 9.13 Å². The molecule has 108 heavy (non-hydrogen) atoms. The molecule has 5 fully saturated rings. The summed E-state index contributed by atoms with van der Waals surface area (Å²) in [5.74, 6) is 0.926. The van der Waals surface area contributed by atoms with Gasteiger partial charge in [-0.1, -0.05) is 129 Å². The van der Waals surface area contributed by atoms with Crippen molar-refractivity contribution in [2.75, 3.05) is 64.7 Å². The van der Waals surface area contributed by atoms with Gasteiger partial charge in [0.1, 0.15) is 74.9 Å². The zero-order valence-electron chi connectivity index (χ0n) is 62.7. The Morgan fingerprint density at radius 1 is 0.528 bits per heavy atom. The van der Waals surface area contributed by atoms with Gasteiger partial charge in [0.05, 0.1) is 64.8 Å². The molecule has 0 saturated carbocycles. The molecule has 0 amide bonds. The lowest BCUT2D eigenvalue weighted by molar-refractivity contribution is 0.00332. The first-order chi connectivity index (χ1) is 50.8. The summed E-state index contributed by atoms with van der Waals surface area (Å²) in [6.45, 7) is 24.7. The van der Waals surface area contributed by atoms with Crippen LogP contribution in [0.2, 0.25) is 61.4 Å². The van der Waals surface area contributed by atoms with Crippen LogP contribution >= 0.6 is 71.0 Å². The predicted octanol–water partition coefficient (Wildman–Crippen LogP) is 14.5. The van der Waals surface area contributed by atoms with Gasteiger partial charge in [-0.05, 0) is 142 Å². The normalized spacial score (nSPS) is 21.5. The maximum Gasteiger partial charge on any atom is 0.494 e. The molecule has 580 valence electrons. The average Bonchev–Trinajstić information content (AvgIpc) is 1.62. The SMILES string of the molecule is Brc1cccc(Br)n1.CC1(C)OB(c2ccc(-c3nc4c(cc3Cl)nc(O[C@@H]3CO[C@H]5[C@@H]3OC[C@H]5O)n4COCC[Si](C)(C)C)cc2)OC1(C)C.CS(C)(=O)=Nc1cccc(Br)n1.C[Si](C)(C)CCOCn1c(O[C@@H]2CO[C@H]3[C@@H]2OC[C@H]3O)nc2cc(Cl)c(-c3ccc(-c4cccc(N=S(C)(C)=O)n4)cc3)nc21. The van der Waals surface area contributed by atoms with Crippen LogP contribution in [-0.4, -0.2) is 211 Å². The number of ether oxygens (including phenoxy) is 8. The standard InChI is InChI=1S/C31H38ClN5O6SSi.C30H41BClN3O7Si.C7H9BrN2OS.C5H3Br2N/c1-44(2,39)36-26-8-6-7-22(33-26)19-9-11-20(12-10-19)27-21(32)15-23-30(35-27)37(18-40-13-14-45(3,4)5)31(34-23)43-25-17-42-28-24(38)16-41-29(25)28;1-29(2)30(3,4)42-31(41-29)19-10-8-18(9-11-19)24-20(32)14-21-27(34-24)35(17-37-12-13-43(5,6)7)28(33-21)40-23-16-39-25-22(36)15-38-26(23)25;1-12(2,11)10-7-5-3-4-6(8)9-7;6-4-2-1-3-5(7)8-4/h6-12,15,24-25,28-29,38H,13-14,16-18H2,1-5H3;8-11,14,22-23,25-26,36H,12-13,15-17H2,1-7H3;3-5H,1-2H3;1-3H/t24-,25-,28-,29-;22-,23-,25-,26-;;/m11../s1. The fraction of sp³-hybridized carbons (Fsp3) is 0.466. The molecule has 9 aromatic rings. The summed E-state index contributed by atoms with van der Waals surface area (Å²) in [5.41, 5.74) is 6.88. The van der Waals surface area contributed by atoms with Crippen LogP contribution in [0.15, 0.2) is 138 Å². The third kappa shape index (κ3) is 21.9. The first-order valence-electron chi connectivity index (χ1n) is 35.1. The van der Waals surface area contributed by atoms with E-state index < -0.39 is 90.6 Å². The average molecular weight is 1790 g/mol. The van der Waals surface area contributed by atoms with Crippen molar-refractivity contribution < 1.29 is 65.8 Å². The highest BCUT2D eigenvalue weighted by atomic mass is 79.9. The summed E-state index contributed by atoms with van der Waals surface area (Å²) in [7, 11) is -7.46. The van der Waals surface area contributed by atoms with Gasteiger partial charge in [0.15, 0.2) is 35.1 Å². The van der Waals surface area contributed by atoms with Crippen molar-refractivity contribution in [1.29, 1.82) is 0 Å². The molecule has 0 spiro atoms. The minimum Gasteiger partial charge on any atom is -0.456 e. The number of halogens is 5. The van der Waals surface area contributed by atoms with Gasteiger partial charge in [0.2, 0.25) is 0 Å². The molecule has 5 aliphatic rings. The van der Waals surface area contributed by atoms with E-state index in [9.17, 15) is 18.6 Å². The van der Waals surface area contributed by atoms with Gasteiger partial charge in [0, 0.05) is 90.5 Å². The number of imidazole rings is 2. The van der Waals surface area contributed by atoms with Crippen LogP contribution in [-0.2, 0) is 70.6 Å². The number of aromatic nitrogens is 9. The maximum atomic E-state index is 12.1. The molecule has 5 saturated heterocycles. The number of nitrogens with zero attached hydrogens (tertiary/aromatic N) is 11. The Morgan fingerprint density at radius 3 is 1.32 bits per heavy atom.